The summed E-state index contributed by atoms with van der Waals surface area (Å²) in [5.41, 5.74) is 2.27. The number of fused-ring (bicyclic) bond motifs is 4. The summed E-state index contributed by atoms with van der Waals surface area (Å²) in [6.45, 7) is 8.42. The molecule has 4 nitrogen and oxygen atoms in total. The second kappa shape index (κ2) is 8.90. The SMILES string of the molecule is CCC1CN2CCC1CC2C(OC(=O)C(C)(C)c1ccccc1)c1ccnc2ccccc12. The van der Waals surface area contributed by atoms with Crippen molar-refractivity contribution in [2.75, 3.05) is 13.1 Å². The van der Waals surface area contributed by atoms with Crippen LogP contribution in [0.4, 0.5) is 0 Å². The van der Waals surface area contributed by atoms with E-state index in [-0.39, 0.29) is 18.1 Å². The second-order valence-electron chi connectivity index (χ2n) is 10.2. The number of hydrogen-bond acceptors (Lipinski definition) is 4. The highest BCUT2D eigenvalue weighted by Gasteiger charge is 2.45. The topological polar surface area (TPSA) is 42.4 Å². The van der Waals surface area contributed by atoms with Gasteiger partial charge >= 0.3 is 5.97 Å². The van der Waals surface area contributed by atoms with Gasteiger partial charge in [0.05, 0.1) is 17.0 Å². The molecule has 3 fully saturated rings. The molecule has 3 aromatic rings. The Labute approximate surface area is 197 Å². The normalized spacial score (nSPS) is 25.7. The number of benzene rings is 2. The molecule has 2 aromatic carbocycles. The number of carbonyl (C=O) groups is 1. The van der Waals surface area contributed by atoms with Crippen LogP contribution < -0.4 is 0 Å². The van der Waals surface area contributed by atoms with E-state index in [1.165, 1.54) is 12.8 Å². The predicted octanol–water partition coefficient (Wildman–Crippen LogP) is 5.92. The molecule has 1 aromatic heterocycles. The zero-order chi connectivity index (χ0) is 23.0. The van der Waals surface area contributed by atoms with Crippen molar-refractivity contribution in [3.05, 3.63) is 78.0 Å². The first-order valence-corrected chi connectivity index (χ1v) is 12.3. The quantitative estimate of drug-likeness (QED) is 0.445. The number of pyridine rings is 1. The molecule has 0 spiro atoms. The van der Waals surface area contributed by atoms with Gasteiger partial charge in [0.2, 0.25) is 0 Å². The maximum atomic E-state index is 13.7. The Bertz CT molecular complexity index is 1120. The summed E-state index contributed by atoms with van der Waals surface area (Å²) < 4.78 is 6.52. The molecule has 3 aliphatic rings. The van der Waals surface area contributed by atoms with Crippen LogP contribution in [-0.4, -0.2) is 35.0 Å². The van der Waals surface area contributed by atoms with E-state index in [0.717, 1.165) is 47.5 Å². The van der Waals surface area contributed by atoms with Crippen molar-refractivity contribution in [1.82, 2.24) is 9.88 Å². The van der Waals surface area contributed by atoms with Gasteiger partial charge < -0.3 is 4.74 Å². The van der Waals surface area contributed by atoms with Crippen molar-refractivity contribution in [2.45, 2.75) is 57.6 Å². The number of ether oxygens (including phenoxy) is 1. The third kappa shape index (κ3) is 4.06. The Morgan fingerprint density at radius 2 is 1.88 bits per heavy atom. The average molecular weight is 443 g/mol. The molecule has 0 N–H and O–H groups in total. The largest absolute Gasteiger partial charge is 0.455 e. The minimum Gasteiger partial charge on any atom is -0.455 e. The van der Waals surface area contributed by atoms with E-state index in [4.69, 9.17) is 4.74 Å². The molecular weight excluding hydrogens is 408 g/mol. The molecule has 5 atom stereocenters. The average Bonchev–Trinajstić information content (AvgIpc) is 2.87. The molecule has 0 amide bonds. The first-order chi connectivity index (χ1) is 16.0. The molecule has 33 heavy (non-hydrogen) atoms. The Kier molecular flexibility index (Phi) is 5.96. The van der Waals surface area contributed by atoms with Gasteiger partial charge in [-0.25, -0.2) is 0 Å². The number of nitrogens with zero attached hydrogens (tertiary/aromatic N) is 2. The van der Waals surface area contributed by atoms with Crippen LogP contribution in [-0.2, 0) is 14.9 Å². The lowest BCUT2D eigenvalue weighted by Crippen LogP contribution is -2.56. The summed E-state index contributed by atoms with van der Waals surface area (Å²) >= 11 is 0. The summed E-state index contributed by atoms with van der Waals surface area (Å²) in [6.07, 6.45) is 5.10. The lowest BCUT2D eigenvalue weighted by atomic mass is 9.72. The highest BCUT2D eigenvalue weighted by molar-refractivity contribution is 5.85. The Morgan fingerprint density at radius 1 is 1.12 bits per heavy atom. The van der Waals surface area contributed by atoms with Crippen LogP contribution in [0.2, 0.25) is 0 Å². The fourth-order valence-electron chi connectivity index (χ4n) is 5.91. The Morgan fingerprint density at radius 3 is 2.61 bits per heavy atom. The summed E-state index contributed by atoms with van der Waals surface area (Å²) in [4.78, 5) is 20.8. The van der Waals surface area contributed by atoms with Crippen LogP contribution in [0.25, 0.3) is 10.9 Å². The van der Waals surface area contributed by atoms with Crippen molar-refractivity contribution >= 4 is 16.9 Å². The minimum atomic E-state index is -0.725. The molecule has 6 rings (SSSR count). The van der Waals surface area contributed by atoms with E-state index in [0.29, 0.717) is 5.92 Å². The second-order valence-corrected chi connectivity index (χ2v) is 10.2. The van der Waals surface area contributed by atoms with Gasteiger partial charge in [0.15, 0.2) is 0 Å². The molecule has 3 aliphatic heterocycles. The molecule has 0 radical (unpaired) electrons. The van der Waals surface area contributed by atoms with Crippen molar-refractivity contribution in [3.8, 4) is 0 Å². The molecular formula is C29H34N2O2. The number of hydrogen-bond donors (Lipinski definition) is 0. The highest BCUT2D eigenvalue weighted by Crippen LogP contribution is 2.44. The molecule has 0 aliphatic carbocycles. The van der Waals surface area contributed by atoms with Gasteiger partial charge in [-0.2, -0.15) is 0 Å². The monoisotopic (exact) mass is 442 g/mol. The maximum Gasteiger partial charge on any atom is 0.316 e. The first kappa shape index (κ1) is 22.1. The van der Waals surface area contributed by atoms with E-state index in [1.807, 2.05) is 68.6 Å². The lowest BCUT2D eigenvalue weighted by molar-refractivity contribution is -0.163. The van der Waals surface area contributed by atoms with Crippen LogP contribution in [0.15, 0.2) is 66.9 Å². The number of carbonyl (C=O) groups excluding carboxylic acids is 1. The van der Waals surface area contributed by atoms with Crippen LogP contribution in [0, 0.1) is 11.8 Å². The molecule has 4 heteroatoms. The fourth-order valence-corrected chi connectivity index (χ4v) is 5.91. The third-order valence-electron chi connectivity index (χ3n) is 8.04. The van der Waals surface area contributed by atoms with E-state index >= 15 is 0 Å². The van der Waals surface area contributed by atoms with Crippen molar-refractivity contribution < 1.29 is 9.53 Å². The number of piperidine rings is 3. The summed E-state index contributed by atoms with van der Waals surface area (Å²) in [5.74, 6) is 1.29. The van der Waals surface area contributed by atoms with Gasteiger partial charge in [-0.3, -0.25) is 14.7 Å². The van der Waals surface area contributed by atoms with E-state index in [1.54, 1.807) is 0 Å². The number of esters is 1. The van der Waals surface area contributed by atoms with Crippen LogP contribution >= 0.6 is 0 Å². The van der Waals surface area contributed by atoms with E-state index < -0.39 is 5.41 Å². The van der Waals surface area contributed by atoms with Crippen LogP contribution in [0.3, 0.4) is 0 Å². The summed E-state index contributed by atoms with van der Waals surface area (Å²) in [6, 6.07) is 20.4. The highest BCUT2D eigenvalue weighted by atomic mass is 16.5. The van der Waals surface area contributed by atoms with Crippen LogP contribution in [0.1, 0.15) is 57.3 Å². The minimum absolute atomic E-state index is 0.172. The number of rotatable bonds is 6. The predicted molar refractivity (Wildman–Crippen MR) is 132 cm³/mol. The standard InChI is InChI=1S/C29H34N2O2/c1-4-20-19-31-17-15-21(20)18-26(31)27(24-14-16-30-25-13-9-8-12-23(24)25)33-28(32)29(2,3)22-10-6-5-7-11-22/h5-14,16,20-21,26-27H,4,15,17-19H2,1-3H3. The maximum absolute atomic E-state index is 13.7. The van der Waals surface area contributed by atoms with E-state index in [2.05, 4.69) is 28.9 Å². The third-order valence-corrected chi connectivity index (χ3v) is 8.04. The summed E-state index contributed by atoms with van der Waals surface area (Å²) in [5, 5.41) is 1.07. The number of para-hydroxylation sites is 1. The molecule has 172 valence electrons. The van der Waals surface area contributed by atoms with Gasteiger partial charge in [0.25, 0.3) is 0 Å². The van der Waals surface area contributed by atoms with Crippen molar-refractivity contribution in [1.29, 1.82) is 0 Å². The fraction of sp³-hybridized carbons (Fsp3) is 0.448. The molecule has 4 heterocycles. The Balaban J connectivity index is 1.53. The number of aromatic nitrogens is 1. The van der Waals surface area contributed by atoms with Gasteiger partial charge in [-0.05, 0) is 62.8 Å². The van der Waals surface area contributed by atoms with Crippen molar-refractivity contribution in [2.24, 2.45) is 11.8 Å². The lowest BCUT2D eigenvalue weighted by Gasteiger charge is -2.52. The van der Waals surface area contributed by atoms with Gasteiger partial charge in [-0.15, -0.1) is 0 Å². The Hall–Kier alpha value is -2.72. The van der Waals surface area contributed by atoms with Crippen LogP contribution in [0.5, 0.6) is 0 Å². The molecule has 5 unspecified atom stereocenters. The zero-order valence-electron chi connectivity index (χ0n) is 19.9. The van der Waals surface area contributed by atoms with Crippen molar-refractivity contribution in [3.63, 3.8) is 0 Å². The van der Waals surface area contributed by atoms with Gasteiger partial charge in [0.1, 0.15) is 6.10 Å². The van der Waals surface area contributed by atoms with Gasteiger partial charge in [0, 0.05) is 23.7 Å². The molecule has 3 saturated heterocycles. The smallest absolute Gasteiger partial charge is 0.316 e. The van der Waals surface area contributed by atoms with Gasteiger partial charge in [-0.1, -0.05) is 61.9 Å². The van der Waals surface area contributed by atoms with E-state index in [9.17, 15) is 4.79 Å². The first-order valence-electron chi connectivity index (χ1n) is 12.3. The molecule has 0 saturated carbocycles. The zero-order valence-corrected chi connectivity index (χ0v) is 19.9. The summed E-state index contributed by atoms with van der Waals surface area (Å²) in [7, 11) is 0. The molecule has 2 bridgehead atoms.